The first kappa shape index (κ1) is 13.6. The van der Waals surface area contributed by atoms with Gasteiger partial charge in [0, 0.05) is 19.0 Å². The molecule has 0 unspecified atom stereocenters. The lowest BCUT2D eigenvalue weighted by Gasteiger charge is -2.17. The maximum absolute atomic E-state index is 10.9. The number of rotatable bonds is 3. The van der Waals surface area contributed by atoms with E-state index in [0.717, 1.165) is 22.6 Å². The lowest BCUT2D eigenvalue weighted by atomic mass is 10.1. The topological polar surface area (TPSA) is 67.5 Å². The number of benzene rings is 2. The third-order valence-corrected chi connectivity index (χ3v) is 3.63. The maximum Gasteiger partial charge on any atom is 0.288 e. The summed E-state index contributed by atoms with van der Waals surface area (Å²) in [6.07, 6.45) is 0.506. The highest BCUT2D eigenvalue weighted by Gasteiger charge is 2.15. The smallest absolute Gasteiger partial charge is 0.288 e. The van der Waals surface area contributed by atoms with E-state index in [1.54, 1.807) is 12.1 Å². The minimum Gasteiger partial charge on any atom is -0.369 e. The molecular formula is C15H12ClN3O2. The first-order valence-electron chi connectivity index (χ1n) is 6.45. The van der Waals surface area contributed by atoms with Crippen LogP contribution < -0.4 is 5.32 Å². The predicted octanol–water partition coefficient (Wildman–Crippen LogP) is 3.62. The van der Waals surface area contributed by atoms with Gasteiger partial charge in [-0.3, -0.25) is 10.1 Å². The summed E-state index contributed by atoms with van der Waals surface area (Å²) in [5.41, 5.74) is 2.81. The summed E-state index contributed by atoms with van der Waals surface area (Å²) in [6.45, 7) is 0.713. The Balaban J connectivity index is 1.87. The Morgan fingerprint density at radius 3 is 2.90 bits per heavy atom. The second kappa shape index (κ2) is 5.54. The molecule has 1 aliphatic heterocycles. The summed E-state index contributed by atoms with van der Waals surface area (Å²) < 4.78 is 0. The molecule has 0 saturated heterocycles. The lowest BCUT2D eigenvalue weighted by molar-refractivity contribution is -0.384. The van der Waals surface area contributed by atoms with Crippen LogP contribution in [0, 0.1) is 10.1 Å². The Labute approximate surface area is 126 Å². The second-order valence-corrected chi connectivity index (χ2v) is 5.17. The van der Waals surface area contributed by atoms with Crippen molar-refractivity contribution in [3.63, 3.8) is 0 Å². The van der Waals surface area contributed by atoms with Gasteiger partial charge in [0.2, 0.25) is 0 Å². The van der Waals surface area contributed by atoms with Crippen LogP contribution in [0.5, 0.6) is 0 Å². The molecule has 1 heterocycles. The molecule has 2 aromatic carbocycles. The first-order valence-corrected chi connectivity index (χ1v) is 6.83. The van der Waals surface area contributed by atoms with Crippen molar-refractivity contribution in [2.24, 2.45) is 4.99 Å². The molecule has 3 rings (SSSR count). The number of hydrogen-bond acceptors (Lipinski definition) is 4. The quantitative estimate of drug-likeness (QED) is 0.695. The molecule has 1 N–H and O–H groups in total. The molecule has 106 valence electrons. The lowest BCUT2D eigenvalue weighted by Crippen LogP contribution is -2.27. The summed E-state index contributed by atoms with van der Waals surface area (Å²) >= 11 is 5.81. The van der Waals surface area contributed by atoms with Crippen LogP contribution in [0.1, 0.15) is 11.1 Å². The normalized spacial score (nSPS) is 13.1. The molecule has 0 atom stereocenters. The third kappa shape index (κ3) is 2.87. The van der Waals surface area contributed by atoms with Gasteiger partial charge in [-0.25, -0.2) is 4.99 Å². The number of amidine groups is 1. The van der Waals surface area contributed by atoms with Gasteiger partial charge < -0.3 is 5.32 Å². The Morgan fingerprint density at radius 1 is 1.29 bits per heavy atom. The van der Waals surface area contributed by atoms with E-state index in [1.165, 1.54) is 6.07 Å². The molecule has 0 amide bonds. The van der Waals surface area contributed by atoms with Crippen LogP contribution in [-0.4, -0.2) is 10.8 Å². The molecule has 0 spiro atoms. The highest BCUT2D eigenvalue weighted by atomic mass is 35.5. The number of para-hydroxylation sites is 1. The van der Waals surface area contributed by atoms with Crippen LogP contribution in [-0.2, 0) is 13.0 Å². The fourth-order valence-electron chi connectivity index (χ4n) is 2.26. The minimum absolute atomic E-state index is 0.0778. The molecule has 0 radical (unpaired) electrons. The second-order valence-electron chi connectivity index (χ2n) is 4.76. The van der Waals surface area contributed by atoms with Gasteiger partial charge in [0.25, 0.3) is 5.69 Å². The molecule has 1 aliphatic rings. The largest absolute Gasteiger partial charge is 0.369 e. The molecule has 0 saturated carbocycles. The number of aliphatic imine (C=N–C) groups is 1. The van der Waals surface area contributed by atoms with Crippen molar-refractivity contribution in [2.75, 3.05) is 0 Å². The minimum atomic E-state index is -0.475. The Morgan fingerprint density at radius 2 is 2.10 bits per heavy atom. The third-order valence-electron chi connectivity index (χ3n) is 3.31. The Hall–Kier alpha value is -2.40. The van der Waals surface area contributed by atoms with Crippen molar-refractivity contribution in [2.45, 2.75) is 13.0 Å². The van der Waals surface area contributed by atoms with Crippen LogP contribution >= 0.6 is 11.6 Å². The molecule has 6 heteroatoms. The fourth-order valence-corrected chi connectivity index (χ4v) is 2.44. The van der Waals surface area contributed by atoms with Crippen molar-refractivity contribution >= 4 is 28.8 Å². The summed E-state index contributed by atoms with van der Waals surface area (Å²) in [6, 6.07) is 12.7. The van der Waals surface area contributed by atoms with Gasteiger partial charge in [0.05, 0.1) is 10.6 Å². The molecule has 5 nitrogen and oxygen atoms in total. The number of nitrogens with one attached hydrogen (secondary N) is 1. The number of nitro groups is 1. The van der Waals surface area contributed by atoms with Gasteiger partial charge in [0.1, 0.15) is 10.9 Å². The summed E-state index contributed by atoms with van der Waals surface area (Å²) in [4.78, 5) is 15.0. The van der Waals surface area contributed by atoms with Gasteiger partial charge in [-0.2, -0.15) is 0 Å². The zero-order valence-corrected chi connectivity index (χ0v) is 11.8. The van der Waals surface area contributed by atoms with Crippen LogP contribution in [0.15, 0.2) is 47.5 Å². The van der Waals surface area contributed by atoms with E-state index in [1.807, 2.05) is 24.3 Å². The van der Waals surface area contributed by atoms with Crippen molar-refractivity contribution in [3.8, 4) is 0 Å². The van der Waals surface area contributed by atoms with Crippen LogP contribution in [0.4, 0.5) is 11.4 Å². The zero-order valence-electron chi connectivity index (χ0n) is 11.0. The van der Waals surface area contributed by atoms with Crippen molar-refractivity contribution < 1.29 is 4.92 Å². The number of nitrogens with zero attached hydrogens (tertiary/aromatic N) is 2. The molecule has 0 bridgehead atoms. The zero-order chi connectivity index (χ0) is 14.8. The number of nitro benzene ring substituents is 1. The van der Waals surface area contributed by atoms with Gasteiger partial charge in [-0.15, -0.1) is 0 Å². The molecule has 0 aromatic heterocycles. The summed E-state index contributed by atoms with van der Waals surface area (Å²) in [5.74, 6) is 0.797. The monoisotopic (exact) mass is 301 g/mol. The maximum atomic E-state index is 10.9. The van der Waals surface area contributed by atoms with E-state index in [9.17, 15) is 10.1 Å². The van der Waals surface area contributed by atoms with Gasteiger partial charge in [-0.1, -0.05) is 35.9 Å². The predicted molar refractivity (Wildman–Crippen MR) is 82.2 cm³/mol. The Kier molecular flexibility index (Phi) is 3.58. The molecule has 0 fully saturated rings. The van der Waals surface area contributed by atoms with E-state index in [4.69, 9.17) is 11.6 Å². The average Bonchev–Trinajstić information content (AvgIpc) is 2.49. The van der Waals surface area contributed by atoms with E-state index < -0.39 is 4.92 Å². The van der Waals surface area contributed by atoms with Crippen LogP contribution in [0.2, 0.25) is 5.02 Å². The number of halogens is 1. The van der Waals surface area contributed by atoms with Crippen molar-refractivity contribution in [3.05, 3.63) is 68.7 Å². The molecular weight excluding hydrogens is 290 g/mol. The highest BCUT2D eigenvalue weighted by Crippen LogP contribution is 2.26. The first-order chi connectivity index (χ1) is 10.1. The van der Waals surface area contributed by atoms with E-state index in [-0.39, 0.29) is 10.7 Å². The van der Waals surface area contributed by atoms with Crippen LogP contribution in [0.3, 0.4) is 0 Å². The molecule has 0 aliphatic carbocycles. The highest BCUT2D eigenvalue weighted by molar-refractivity contribution is 6.32. The van der Waals surface area contributed by atoms with Gasteiger partial charge in [-0.05, 0) is 23.3 Å². The number of fused-ring (bicyclic) bond motifs is 1. The fraction of sp³-hybridized carbons (Fsp3) is 0.133. The van der Waals surface area contributed by atoms with Crippen molar-refractivity contribution in [1.29, 1.82) is 0 Å². The van der Waals surface area contributed by atoms with Crippen molar-refractivity contribution in [1.82, 2.24) is 5.32 Å². The Bertz CT molecular complexity index is 743. The molecule has 21 heavy (non-hydrogen) atoms. The standard InChI is InChI=1S/C15H12ClN3O2/c16-12-6-5-10(7-14(12)19(20)21)8-15-17-9-11-3-1-2-4-13(11)18-15/h1-7H,8-9H2,(H,17,18). The van der Waals surface area contributed by atoms with E-state index in [2.05, 4.69) is 10.3 Å². The molecule has 2 aromatic rings. The van der Waals surface area contributed by atoms with E-state index >= 15 is 0 Å². The summed E-state index contributed by atoms with van der Waals surface area (Å²) in [7, 11) is 0. The average molecular weight is 302 g/mol. The van der Waals surface area contributed by atoms with Crippen LogP contribution in [0.25, 0.3) is 0 Å². The SMILES string of the molecule is O=[N+]([O-])c1cc(CC2=Nc3ccccc3CN2)ccc1Cl. The van der Waals surface area contributed by atoms with Gasteiger partial charge >= 0.3 is 0 Å². The van der Waals surface area contributed by atoms with Gasteiger partial charge in [0.15, 0.2) is 0 Å². The summed E-state index contributed by atoms with van der Waals surface area (Å²) in [5, 5.41) is 14.3. The van der Waals surface area contributed by atoms with E-state index in [0.29, 0.717) is 13.0 Å². The number of hydrogen-bond donors (Lipinski definition) is 1.